The lowest BCUT2D eigenvalue weighted by Gasteiger charge is -2.25. The Morgan fingerprint density at radius 2 is 2.05 bits per heavy atom. The summed E-state index contributed by atoms with van der Waals surface area (Å²) in [6.07, 6.45) is 2.01. The second-order valence-corrected chi connectivity index (χ2v) is 5.90. The molecule has 0 spiro atoms. The molecule has 1 aromatic carbocycles. The highest BCUT2D eigenvalue weighted by atomic mass is 32.2. The van der Waals surface area contributed by atoms with Crippen LogP contribution in [-0.2, 0) is 14.3 Å². The first-order chi connectivity index (χ1) is 9.31. The number of thioether (sulfide) groups is 1. The summed E-state index contributed by atoms with van der Waals surface area (Å²) in [6, 6.07) is 9.88. The molecule has 104 valence electrons. The number of rotatable bonds is 5. The summed E-state index contributed by atoms with van der Waals surface area (Å²) in [7, 11) is 0. The predicted molar refractivity (Wildman–Crippen MR) is 77.2 cm³/mol. The molecule has 1 aromatic rings. The van der Waals surface area contributed by atoms with Crippen molar-refractivity contribution in [1.82, 2.24) is 0 Å². The van der Waals surface area contributed by atoms with E-state index in [1.165, 1.54) is 0 Å². The van der Waals surface area contributed by atoms with E-state index in [1.54, 1.807) is 11.8 Å². The summed E-state index contributed by atoms with van der Waals surface area (Å²) >= 11 is 1.71. The minimum absolute atomic E-state index is 0.134. The van der Waals surface area contributed by atoms with Crippen LogP contribution in [-0.4, -0.2) is 31.0 Å². The van der Waals surface area contributed by atoms with Gasteiger partial charge in [-0.3, -0.25) is 4.79 Å². The quantitative estimate of drug-likeness (QED) is 0.776. The topological polar surface area (TPSA) is 35.5 Å². The van der Waals surface area contributed by atoms with Gasteiger partial charge in [0.1, 0.15) is 5.25 Å². The van der Waals surface area contributed by atoms with E-state index < -0.39 is 0 Å². The zero-order chi connectivity index (χ0) is 13.5. The molecule has 1 atom stereocenters. The predicted octanol–water partition coefficient (Wildman–Crippen LogP) is 3.20. The van der Waals surface area contributed by atoms with E-state index in [9.17, 15) is 4.79 Å². The Balaban J connectivity index is 2.07. The van der Waals surface area contributed by atoms with Gasteiger partial charge in [-0.15, -0.1) is 11.8 Å². The smallest absolute Gasteiger partial charge is 0.323 e. The normalized spacial score (nSPS) is 17.9. The van der Waals surface area contributed by atoms with Gasteiger partial charge in [-0.1, -0.05) is 30.3 Å². The van der Waals surface area contributed by atoms with Gasteiger partial charge in [-0.2, -0.15) is 0 Å². The van der Waals surface area contributed by atoms with Gasteiger partial charge in [0.05, 0.1) is 6.61 Å². The van der Waals surface area contributed by atoms with E-state index in [4.69, 9.17) is 9.47 Å². The van der Waals surface area contributed by atoms with Gasteiger partial charge in [-0.05, 0) is 25.3 Å². The molecule has 0 bridgehead atoms. The van der Waals surface area contributed by atoms with E-state index in [2.05, 4.69) is 0 Å². The minimum Gasteiger partial charge on any atom is -0.465 e. The van der Waals surface area contributed by atoms with Crippen LogP contribution in [0.2, 0.25) is 0 Å². The van der Waals surface area contributed by atoms with Gasteiger partial charge in [-0.25, -0.2) is 0 Å². The number of carbonyl (C=O) groups is 1. The van der Waals surface area contributed by atoms with Crippen molar-refractivity contribution in [3.05, 3.63) is 35.9 Å². The molecule has 2 rings (SSSR count). The number of ether oxygens (including phenoxy) is 2. The monoisotopic (exact) mass is 280 g/mol. The largest absolute Gasteiger partial charge is 0.465 e. The van der Waals surface area contributed by atoms with Crippen LogP contribution in [0.15, 0.2) is 30.3 Å². The van der Waals surface area contributed by atoms with Gasteiger partial charge in [0.25, 0.3) is 0 Å². The van der Waals surface area contributed by atoms with Crippen molar-refractivity contribution in [2.75, 3.05) is 19.8 Å². The second kappa shape index (κ2) is 7.56. The van der Waals surface area contributed by atoms with E-state index in [0.29, 0.717) is 11.9 Å². The lowest BCUT2D eigenvalue weighted by molar-refractivity contribution is -0.142. The molecule has 1 aliphatic heterocycles. The molecule has 19 heavy (non-hydrogen) atoms. The molecule has 1 aliphatic rings. The minimum atomic E-state index is -0.218. The molecular weight excluding hydrogens is 260 g/mol. The van der Waals surface area contributed by atoms with Crippen molar-refractivity contribution in [1.29, 1.82) is 0 Å². The van der Waals surface area contributed by atoms with E-state index in [-0.39, 0.29) is 11.2 Å². The summed E-state index contributed by atoms with van der Waals surface area (Å²) < 4.78 is 10.6. The van der Waals surface area contributed by atoms with E-state index in [1.807, 2.05) is 37.3 Å². The van der Waals surface area contributed by atoms with Crippen LogP contribution in [0.5, 0.6) is 0 Å². The third-order valence-corrected chi connectivity index (χ3v) is 4.69. The molecule has 1 unspecified atom stereocenters. The highest BCUT2D eigenvalue weighted by molar-refractivity contribution is 8.00. The summed E-state index contributed by atoms with van der Waals surface area (Å²) in [5, 5.41) is 0.257. The van der Waals surface area contributed by atoms with Gasteiger partial charge in [0.2, 0.25) is 0 Å². The molecule has 0 aliphatic carbocycles. The molecule has 0 radical (unpaired) electrons. The van der Waals surface area contributed by atoms with Crippen LogP contribution >= 0.6 is 11.8 Å². The van der Waals surface area contributed by atoms with Crippen molar-refractivity contribution in [2.45, 2.75) is 30.3 Å². The zero-order valence-corrected chi connectivity index (χ0v) is 12.0. The summed E-state index contributed by atoms with van der Waals surface area (Å²) in [4.78, 5) is 12.1. The first kappa shape index (κ1) is 14.4. The molecule has 3 nitrogen and oxygen atoms in total. The first-order valence-corrected chi connectivity index (χ1v) is 7.70. The van der Waals surface area contributed by atoms with Crippen molar-refractivity contribution < 1.29 is 14.3 Å². The Bertz CT molecular complexity index is 388. The SMILES string of the molecule is CCOC(=O)C(SC1CCOCC1)c1ccccc1. The van der Waals surface area contributed by atoms with Crippen LogP contribution in [0.3, 0.4) is 0 Å². The van der Waals surface area contributed by atoms with Crippen LogP contribution in [0.25, 0.3) is 0 Å². The maximum absolute atomic E-state index is 12.1. The fraction of sp³-hybridized carbons (Fsp3) is 0.533. The zero-order valence-electron chi connectivity index (χ0n) is 11.2. The van der Waals surface area contributed by atoms with Crippen molar-refractivity contribution in [2.24, 2.45) is 0 Å². The van der Waals surface area contributed by atoms with Crippen LogP contribution < -0.4 is 0 Å². The van der Waals surface area contributed by atoms with Crippen LogP contribution in [0.4, 0.5) is 0 Å². The fourth-order valence-corrected chi connectivity index (χ4v) is 3.46. The Morgan fingerprint density at radius 3 is 2.68 bits per heavy atom. The van der Waals surface area contributed by atoms with Crippen molar-refractivity contribution in [3.8, 4) is 0 Å². The second-order valence-electron chi connectivity index (χ2n) is 4.49. The van der Waals surface area contributed by atoms with Gasteiger partial charge in [0.15, 0.2) is 0 Å². The maximum Gasteiger partial charge on any atom is 0.323 e. The number of hydrogen-bond donors (Lipinski definition) is 0. The summed E-state index contributed by atoms with van der Waals surface area (Å²) in [5.74, 6) is -0.134. The Hall–Kier alpha value is -1.00. The highest BCUT2D eigenvalue weighted by Crippen LogP contribution is 2.37. The Morgan fingerprint density at radius 1 is 1.37 bits per heavy atom. The number of esters is 1. The van der Waals surface area contributed by atoms with Crippen LogP contribution in [0.1, 0.15) is 30.6 Å². The van der Waals surface area contributed by atoms with Gasteiger partial charge in [0, 0.05) is 18.5 Å². The number of carbonyl (C=O) groups excluding carboxylic acids is 1. The third kappa shape index (κ3) is 4.25. The highest BCUT2D eigenvalue weighted by Gasteiger charge is 2.27. The lowest BCUT2D eigenvalue weighted by atomic mass is 10.1. The molecule has 0 aromatic heterocycles. The van der Waals surface area contributed by atoms with Crippen LogP contribution in [0, 0.1) is 0 Å². The molecular formula is C15H20O3S. The van der Waals surface area contributed by atoms with Gasteiger partial charge < -0.3 is 9.47 Å². The molecule has 1 heterocycles. The number of hydrogen-bond acceptors (Lipinski definition) is 4. The maximum atomic E-state index is 12.1. The number of benzene rings is 1. The average Bonchev–Trinajstić information content (AvgIpc) is 2.47. The van der Waals surface area contributed by atoms with E-state index >= 15 is 0 Å². The third-order valence-electron chi connectivity index (χ3n) is 3.10. The lowest BCUT2D eigenvalue weighted by Crippen LogP contribution is -2.22. The standard InChI is InChI=1S/C15H20O3S/c1-2-18-15(16)14(12-6-4-3-5-7-12)19-13-8-10-17-11-9-13/h3-7,13-14H,2,8-11H2,1H3. The molecule has 0 saturated carbocycles. The first-order valence-electron chi connectivity index (χ1n) is 6.76. The fourth-order valence-electron chi connectivity index (χ4n) is 2.12. The van der Waals surface area contributed by atoms with E-state index in [0.717, 1.165) is 31.6 Å². The molecule has 1 fully saturated rings. The summed E-state index contributed by atoms with van der Waals surface area (Å²) in [6.45, 7) is 3.86. The van der Waals surface area contributed by atoms with Gasteiger partial charge >= 0.3 is 5.97 Å². The molecule has 0 N–H and O–H groups in total. The molecule has 0 amide bonds. The average molecular weight is 280 g/mol. The molecule has 4 heteroatoms. The van der Waals surface area contributed by atoms with Crippen molar-refractivity contribution >= 4 is 17.7 Å². The Kier molecular flexibility index (Phi) is 5.73. The molecule has 1 saturated heterocycles. The Labute approximate surface area is 118 Å². The van der Waals surface area contributed by atoms with Crippen molar-refractivity contribution in [3.63, 3.8) is 0 Å². The summed E-state index contributed by atoms with van der Waals surface area (Å²) in [5.41, 5.74) is 1.03.